The highest BCUT2D eigenvalue weighted by Crippen LogP contribution is 2.20. The van der Waals surface area contributed by atoms with Gasteiger partial charge in [0.25, 0.3) is 5.91 Å². The summed E-state index contributed by atoms with van der Waals surface area (Å²) in [7, 11) is 0. The van der Waals surface area contributed by atoms with E-state index in [1.807, 2.05) is 36.9 Å². The van der Waals surface area contributed by atoms with Crippen LogP contribution in [0.25, 0.3) is 0 Å². The molecule has 6 nitrogen and oxygen atoms in total. The Labute approximate surface area is 148 Å². The fourth-order valence-corrected chi connectivity index (χ4v) is 3.52. The average Bonchev–Trinajstić information content (AvgIpc) is 2.76. The SMILES string of the molecule is CC(=O)N(CC(=O)O)C1CCCN(C(=O)c2cc(C)cc(C)c2)CC1. The quantitative estimate of drug-likeness (QED) is 0.907. The molecule has 1 heterocycles. The highest BCUT2D eigenvalue weighted by Gasteiger charge is 2.28. The molecular formula is C19H26N2O4. The Bertz CT molecular complexity index is 651. The van der Waals surface area contributed by atoms with Crippen LogP contribution in [0.15, 0.2) is 18.2 Å². The molecule has 0 aliphatic carbocycles. The number of rotatable bonds is 4. The van der Waals surface area contributed by atoms with Crippen molar-refractivity contribution in [3.63, 3.8) is 0 Å². The lowest BCUT2D eigenvalue weighted by Gasteiger charge is -2.29. The summed E-state index contributed by atoms with van der Waals surface area (Å²) in [6, 6.07) is 5.69. The van der Waals surface area contributed by atoms with Gasteiger partial charge < -0.3 is 14.9 Å². The first-order valence-corrected chi connectivity index (χ1v) is 8.64. The lowest BCUT2D eigenvalue weighted by molar-refractivity contribution is -0.145. The van der Waals surface area contributed by atoms with Crippen molar-refractivity contribution in [2.24, 2.45) is 0 Å². The van der Waals surface area contributed by atoms with E-state index < -0.39 is 5.97 Å². The van der Waals surface area contributed by atoms with Gasteiger partial charge in [-0.2, -0.15) is 0 Å². The van der Waals surface area contributed by atoms with Crippen molar-refractivity contribution in [2.75, 3.05) is 19.6 Å². The summed E-state index contributed by atoms with van der Waals surface area (Å²) in [5.41, 5.74) is 2.80. The van der Waals surface area contributed by atoms with Crippen LogP contribution in [0, 0.1) is 13.8 Å². The number of carboxylic acid groups (broad SMARTS) is 1. The Morgan fingerprint density at radius 2 is 1.76 bits per heavy atom. The number of aliphatic carboxylic acids is 1. The molecule has 0 spiro atoms. The normalized spacial score (nSPS) is 17.7. The van der Waals surface area contributed by atoms with Gasteiger partial charge in [-0.15, -0.1) is 0 Å². The van der Waals surface area contributed by atoms with E-state index in [9.17, 15) is 14.4 Å². The van der Waals surface area contributed by atoms with Crippen LogP contribution in [0.5, 0.6) is 0 Å². The molecule has 0 saturated carbocycles. The van der Waals surface area contributed by atoms with Crippen LogP contribution < -0.4 is 0 Å². The largest absolute Gasteiger partial charge is 0.480 e. The molecule has 136 valence electrons. The van der Waals surface area contributed by atoms with Crippen molar-refractivity contribution in [1.29, 1.82) is 0 Å². The number of benzene rings is 1. The zero-order valence-electron chi connectivity index (χ0n) is 15.1. The summed E-state index contributed by atoms with van der Waals surface area (Å²) in [4.78, 5) is 38.8. The second-order valence-corrected chi connectivity index (χ2v) is 6.79. The Kier molecular flexibility index (Phi) is 6.17. The molecule has 0 bridgehead atoms. The number of aryl methyl sites for hydroxylation is 2. The van der Waals surface area contributed by atoms with Gasteiger partial charge in [-0.05, 0) is 45.2 Å². The summed E-state index contributed by atoms with van der Waals surface area (Å²) in [6.45, 7) is 6.20. The Hall–Kier alpha value is -2.37. The standard InChI is InChI=1S/C19H26N2O4/c1-13-9-14(2)11-16(10-13)19(25)20-7-4-5-17(6-8-20)21(15(3)22)12-18(23)24/h9-11,17H,4-8,12H2,1-3H3,(H,23,24). The third-order valence-corrected chi connectivity index (χ3v) is 4.60. The lowest BCUT2D eigenvalue weighted by atomic mass is 10.1. The molecule has 1 unspecified atom stereocenters. The van der Waals surface area contributed by atoms with Crippen LogP contribution in [0.1, 0.15) is 47.7 Å². The Morgan fingerprint density at radius 3 is 2.32 bits per heavy atom. The van der Waals surface area contributed by atoms with Crippen molar-refractivity contribution in [3.05, 3.63) is 34.9 Å². The maximum Gasteiger partial charge on any atom is 0.323 e. The molecule has 1 saturated heterocycles. The van der Waals surface area contributed by atoms with Crippen LogP contribution in [0.2, 0.25) is 0 Å². The fourth-order valence-electron chi connectivity index (χ4n) is 3.52. The molecule has 1 aliphatic rings. The predicted octanol–water partition coefficient (Wildman–Crippen LogP) is 2.23. The van der Waals surface area contributed by atoms with Crippen molar-refractivity contribution >= 4 is 17.8 Å². The molecule has 2 amide bonds. The lowest BCUT2D eigenvalue weighted by Crippen LogP contribution is -2.43. The smallest absolute Gasteiger partial charge is 0.323 e. The fraction of sp³-hybridized carbons (Fsp3) is 0.526. The zero-order valence-corrected chi connectivity index (χ0v) is 15.1. The van der Waals surface area contributed by atoms with E-state index in [-0.39, 0.29) is 24.4 Å². The van der Waals surface area contributed by atoms with Gasteiger partial charge in [0.15, 0.2) is 0 Å². The molecule has 6 heteroatoms. The number of carboxylic acids is 1. The van der Waals surface area contributed by atoms with E-state index in [1.165, 1.54) is 11.8 Å². The second kappa shape index (κ2) is 8.14. The molecule has 1 aromatic rings. The van der Waals surface area contributed by atoms with Crippen molar-refractivity contribution < 1.29 is 19.5 Å². The Balaban J connectivity index is 2.08. The van der Waals surface area contributed by atoms with Gasteiger partial charge in [-0.3, -0.25) is 14.4 Å². The summed E-state index contributed by atoms with van der Waals surface area (Å²) >= 11 is 0. The molecule has 0 aromatic heterocycles. The van der Waals surface area contributed by atoms with Gasteiger partial charge in [-0.25, -0.2) is 0 Å². The van der Waals surface area contributed by atoms with Crippen LogP contribution in [-0.2, 0) is 9.59 Å². The second-order valence-electron chi connectivity index (χ2n) is 6.79. The Morgan fingerprint density at radius 1 is 1.12 bits per heavy atom. The van der Waals surface area contributed by atoms with Gasteiger partial charge in [0, 0.05) is 31.6 Å². The highest BCUT2D eigenvalue weighted by molar-refractivity contribution is 5.94. The number of likely N-dealkylation sites (tertiary alicyclic amines) is 1. The molecule has 0 radical (unpaired) electrons. The van der Waals surface area contributed by atoms with E-state index in [1.54, 1.807) is 0 Å². The third kappa shape index (κ3) is 5.05. The molecule has 1 atom stereocenters. The first-order valence-electron chi connectivity index (χ1n) is 8.64. The van der Waals surface area contributed by atoms with Gasteiger partial charge in [0.05, 0.1) is 0 Å². The topological polar surface area (TPSA) is 77.9 Å². The van der Waals surface area contributed by atoms with Gasteiger partial charge in [0.1, 0.15) is 6.54 Å². The highest BCUT2D eigenvalue weighted by atomic mass is 16.4. The van der Waals surface area contributed by atoms with E-state index >= 15 is 0 Å². The maximum absolute atomic E-state index is 12.8. The number of amides is 2. The zero-order chi connectivity index (χ0) is 18.6. The van der Waals surface area contributed by atoms with Crippen molar-refractivity contribution in [1.82, 2.24) is 9.80 Å². The molecule has 2 rings (SSSR count). The summed E-state index contributed by atoms with van der Waals surface area (Å²) in [5.74, 6) is -1.25. The first kappa shape index (κ1) is 19.0. The average molecular weight is 346 g/mol. The summed E-state index contributed by atoms with van der Waals surface area (Å²) in [6.07, 6.45) is 2.07. The minimum Gasteiger partial charge on any atom is -0.480 e. The molecule has 1 aromatic carbocycles. The number of carbonyl (C=O) groups excluding carboxylic acids is 2. The number of hydrogen-bond donors (Lipinski definition) is 1. The van der Waals surface area contributed by atoms with E-state index in [2.05, 4.69) is 0 Å². The van der Waals surface area contributed by atoms with Crippen molar-refractivity contribution in [2.45, 2.75) is 46.1 Å². The number of nitrogens with zero attached hydrogens (tertiary/aromatic N) is 2. The molecule has 25 heavy (non-hydrogen) atoms. The molecular weight excluding hydrogens is 320 g/mol. The van der Waals surface area contributed by atoms with Crippen LogP contribution >= 0.6 is 0 Å². The monoisotopic (exact) mass is 346 g/mol. The summed E-state index contributed by atoms with van der Waals surface area (Å²) < 4.78 is 0. The summed E-state index contributed by atoms with van der Waals surface area (Å²) in [5, 5.41) is 9.02. The predicted molar refractivity (Wildman–Crippen MR) is 94.5 cm³/mol. The third-order valence-electron chi connectivity index (χ3n) is 4.60. The first-order chi connectivity index (χ1) is 11.8. The molecule has 1 aliphatic heterocycles. The molecule has 1 N–H and O–H groups in total. The van der Waals surface area contributed by atoms with Gasteiger partial charge in [0.2, 0.25) is 5.91 Å². The van der Waals surface area contributed by atoms with Crippen molar-refractivity contribution in [3.8, 4) is 0 Å². The van der Waals surface area contributed by atoms with Crippen LogP contribution in [-0.4, -0.2) is 58.4 Å². The van der Waals surface area contributed by atoms with E-state index in [0.717, 1.165) is 17.5 Å². The number of carbonyl (C=O) groups is 3. The van der Waals surface area contributed by atoms with E-state index in [0.29, 0.717) is 31.5 Å². The number of hydrogen-bond acceptors (Lipinski definition) is 3. The van der Waals surface area contributed by atoms with Gasteiger partial charge in [-0.1, -0.05) is 17.2 Å². The van der Waals surface area contributed by atoms with Gasteiger partial charge >= 0.3 is 5.97 Å². The van der Waals surface area contributed by atoms with E-state index in [4.69, 9.17) is 5.11 Å². The minimum absolute atomic E-state index is 0.0000552. The maximum atomic E-state index is 12.8. The van der Waals surface area contributed by atoms with Crippen LogP contribution in [0.4, 0.5) is 0 Å². The molecule has 1 fully saturated rings. The van der Waals surface area contributed by atoms with Crippen LogP contribution in [0.3, 0.4) is 0 Å². The minimum atomic E-state index is -1.01.